The van der Waals surface area contributed by atoms with Crippen LogP contribution in [-0.2, 0) is 32.7 Å². The van der Waals surface area contributed by atoms with E-state index in [0.29, 0.717) is 0 Å². The molecule has 0 saturated carbocycles. The van der Waals surface area contributed by atoms with E-state index in [1.54, 1.807) is 0 Å². The SMILES string of the molecule is CC[NH+]=C\C=C/C=C/C=C/c1ccc(NCCC[n+]2ccn(CCSSCCn3cc[n+](CCCNc4ccc(/C=C/c5cccc[n+]5CC)cc4)c3)c2)cc1. The van der Waals surface area contributed by atoms with Crippen LogP contribution in [0.25, 0.3) is 18.2 Å². The van der Waals surface area contributed by atoms with Crippen molar-refractivity contribution >= 4 is 57.4 Å². The van der Waals surface area contributed by atoms with E-state index in [2.05, 4.69) is 187 Å². The monoisotopic (exact) mass is 788 g/mol. The lowest BCUT2D eigenvalue weighted by atomic mass is 10.1. The Hall–Kier alpha value is -5.06. The molecule has 56 heavy (non-hydrogen) atoms. The number of hydrogen-bond acceptors (Lipinski definition) is 4. The molecule has 0 fully saturated rings. The van der Waals surface area contributed by atoms with E-state index in [4.69, 9.17) is 0 Å². The summed E-state index contributed by atoms with van der Waals surface area (Å²) in [6.45, 7) is 12.1. The molecule has 0 atom stereocenters. The van der Waals surface area contributed by atoms with Crippen LogP contribution in [0.3, 0.4) is 0 Å². The van der Waals surface area contributed by atoms with Gasteiger partial charge in [-0.25, -0.2) is 23.3 Å². The molecule has 10 heteroatoms. The van der Waals surface area contributed by atoms with Gasteiger partial charge in [-0.1, -0.05) is 76.2 Å². The zero-order valence-corrected chi connectivity index (χ0v) is 34.8. The fourth-order valence-corrected chi connectivity index (χ4v) is 7.89. The van der Waals surface area contributed by atoms with Crippen LogP contribution >= 0.6 is 21.6 Å². The van der Waals surface area contributed by atoms with Gasteiger partial charge in [0.2, 0.25) is 18.3 Å². The largest absolute Gasteiger partial charge is 0.385 e. The fraction of sp³-hybridized carbons (Fsp3) is 0.304. The minimum atomic E-state index is 0.941. The number of benzene rings is 2. The zero-order valence-electron chi connectivity index (χ0n) is 33.1. The lowest BCUT2D eigenvalue weighted by Gasteiger charge is -2.06. The molecule has 3 aromatic heterocycles. The number of aryl methyl sites for hydroxylation is 5. The van der Waals surface area contributed by atoms with Crippen LogP contribution in [0.5, 0.6) is 0 Å². The van der Waals surface area contributed by atoms with Crippen molar-refractivity contribution in [2.75, 3.05) is 41.8 Å². The van der Waals surface area contributed by atoms with E-state index in [0.717, 1.165) is 88.1 Å². The van der Waals surface area contributed by atoms with Gasteiger partial charge in [0.25, 0.3) is 0 Å². The van der Waals surface area contributed by atoms with Crippen LogP contribution in [0.4, 0.5) is 11.4 Å². The summed E-state index contributed by atoms with van der Waals surface area (Å²) in [6, 6.07) is 23.6. The van der Waals surface area contributed by atoms with Gasteiger partial charge >= 0.3 is 0 Å². The van der Waals surface area contributed by atoms with E-state index in [1.165, 1.54) is 16.8 Å². The number of rotatable bonds is 25. The predicted molar refractivity (Wildman–Crippen MR) is 239 cm³/mol. The van der Waals surface area contributed by atoms with Crippen LogP contribution in [0.15, 0.2) is 141 Å². The van der Waals surface area contributed by atoms with Gasteiger partial charge in [0.1, 0.15) is 37.9 Å². The maximum absolute atomic E-state index is 3.57. The van der Waals surface area contributed by atoms with Crippen molar-refractivity contribution in [2.24, 2.45) is 0 Å². The van der Waals surface area contributed by atoms with Crippen LogP contribution in [-0.4, -0.2) is 46.5 Å². The summed E-state index contributed by atoms with van der Waals surface area (Å²) >= 11 is 0. The molecule has 8 nitrogen and oxygen atoms in total. The first-order chi connectivity index (χ1) is 27.7. The Labute approximate surface area is 342 Å². The van der Waals surface area contributed by atoms with Crippen molar-refractivity contribution in [3.8, 4) is 0 Å². The molecule has 0 saturated heterocycles. The number of aromatic nitrogens is 5. The highest BCUT2D eigenvalue weighted by atomic mass is 33.1. The second-order valence-electron chi connectivity index (χ2n) is 13.3. The van der Waals surface area contributed by atoms with Gasteiger partial charge in [-0.3, -0.25) is 0 Å². The molecule has 0 spiro atoms. The molecule has 292 valence electrons. The summed E-state index contributed by atoms with van der Waals surface area (Å²) in [5.41, 5.74) is 5.93. The summed E-state index contributed by atoms with van der Waals surface area (Å²) in [5, 5.41) is 7.12. The van der Waals surface area contributed by atoms with E-state index in [-0.39, 0.29) is 0 Å². The lowest BCUT2D eigenvalue weighted by Crippen LogP contribution is -2.67. The quantitative estimate of drug-likeness (QED) is 0.0202. The second-order valence-corrected chi connectivity index (χ2v) is 16.0. The van der Waals surface area contributed by atoms with Crippen molar-refractivity contribution in [3.05, 3.63) is 158 Å². The van der Waals surface area contributed by atoms with E-state index in [9.17, 15) is 0 Å². The zero-order chi connectivity index (χ0) is 38.9. The Balaban J connectivity index is 0.868. The molecular weight excluding hydrogens is 729 g/mol. The van der Waals surface area contributed by atoms with E-state index in [1.807, 2.05) is 52.1 Å². The van der Waals surface area contributed by atoms with E-state index < -0.39 is 0 Å². The third-order valence-electron chi connectivity index (χ3n) is 9.02. The minimum Gasteiger partial charge on any atom is -0.385 e. The van der Waals surface area contributed by atoms with Crippen molar-refractivity contribution in [3.63, 3.8) is 0 Å². The van der Waals surface area contributed by atoms with Gasteiger partial charge in [-0.2, -0.15) is 4.57 Å². The Morgan fingerprint density at radius 3 is 1.79 bits per heavy atom. The normalized spacial score (nSPS) is 12.0. The first-order valence-corrected chi connectivity index (χ1v) is 22.4. The molecule has 0 bridgehead atoms. The summed E-state index contributed by atoms with van der Waals surface area (Å²) in [7, 11) is 3.92. The van der Waals surface area contributed by atoms with Gasteiger partial charge in [0.15, 0.2) is 12.4 Å². The molecule has 3 heterocycles. The maximum atomic E-state index is 3.57. The molecule has 0 aliphatic carbocycles. The lowest BCUT2D eigenvalue weighted by molar-refractivity contribution is -0.696. The first-order valence-electron chi connectivity index (χ1n) is 19.9. The molecule has 3 N–H and O–H groups in total. The maximum Gasteiger partial charge on any atom is 0.243 e. The van der Waals surface area contributed by atoms with Crippen LogP contribution in [0.1, 0.15) is 43.5 Å². The van der Waals surface area contributed by atoms with Crippen LogP contribution in [0.2, 0.25) is 0 Å². The van der Waals surface area contributed by atoms with Crippen molar-refractivity contribution in [1.82, 2.24) is 9.13 Å². The Bertz CT molecular complexity index is 1990. The second kappa shape index (κ2) is 25.2. The van der Waals surface area contributed by atoms with Crippen molar-refractivity contribution in [2.45, 2.75) is 59.4 Å². The first kappa shape index (κ1) is 42.1. The summed E-state index contributed by atoms with van der Waals surface area (Å²) in [5.74, 6) is 2.19. The summed E-state index contributed by atoms with van der Waals surface area (Å²) in [6.07, 6.45) is 36.1. The standard InChI is InChI=1S/C46H58N8S2/c1-3-47-26-10-7-5-6-8-14-42-16-21-44(22-17-42)48-27-12-29-50-32-34-52(40-50)36-38-55-56-39-37-53-35-33-51(41-53)30-13-28-49-45-23-18-43(19-24-45)20-25-46-15-9-11-31-54(46)4-2/h5-11,14-26,31-35,40-41H,3-4,12-13,27-30,36-39H2,1-2H3,(H,47,48)/q+2/p+2. The highest BCUT2D eigenvalue weighted by molar-refractivity contribution is 8.76. The highest BCUT2D eigenvalue weighted by Gasteiger charge is 2.07. The number of pyridine rings is 1. The van der Waals surface area contributed by atoms with Gasteiger partial charge in [0, 0.05) is 73.1 Å². The fourth-order valence-electron chi connectivity index (χ4n) is 5.93. The van der Waals surface area contributed by atoms with Crippen molar-refractivity contribution in [1.29, 1.82) is 0 Å². The molecular formula is C46H60N8S2+4. The summed E-state index contributed by atoms with van der Waals surface area (Å²) in [4.78, 5) is 3.15. The number of nitrogens with one attached hydrogen (secondary N) is 3. The van der Waals surface area contributed by atoms with Gasteiger partial charge in [-0.15, -0.1) is 0 Å². The topological polar surface area (TPSA) is 59.5 Å². The molecule has 0 aliphatic heterocycles. The van der Waals surface area contributed by atoms with Crippen molar-refractivity contribution < 1.29 is 18.7 Å². The van der Waals surface area contributed by atoms with Gasteiger partial charge in [0.05, 0.1) is 26.2 Å². The number of allylic oxidation sites excluding steroid dienone is 5. The molecule has 0 amide bonds. The minimum absolute atomic E-state index is 0.941. The molecule has 0 radical (unpaired) electrons. The Kier molecular flexibility index (Phi) is 18.9. The van der Waals surface area contributed by atoms with Gasteiger partial charge < -0.3 is 10.6 Å². The van der Waals surface area contributed by atoms with Crippen LogP contribution in [0, 0.1) is 0 Å². The third kappa shape index (κ3) is 16.0. The average molecular weight is 789 g/mol. The molecule has 0 aliphatic rings. The smallest absolute Gasteiger partial charge is 0.243 e. The molecule has 5 rings (SSSR count). The highest BCUT2D eigenvalue weighted by Crippen LogP contribution is 2.21. The molecule has 2 aromatic carbocycles. The average Bonchev–Trinajstić information content (AvgIpc) is 3.90. The Morgan fingerprint density at radius 2 is 1.20 bits per heavy atom. The Morgan fingerprint density at radius 1 is 0.625 bits per heavy atom. The van der Waals surface area contributed by atoms with Crippen LogP contribution < -0.4 is 29.3 Å². The number of nitrogens with zero attached hydrogens (tertiary/aromatic N) is 5. The third-order valence-corrected chi connectivity index (χ3v) is 11.4. The number of imidazole rings is 2. The number of anilines is 2. The van der Waals surface area contributed by atoms with E-state index >= 15 is 0 Å². The predicted octanol–water partition coefficient (Wildman–Crippen LogP) is 6.73. The van der Waals surface area contributed by atoms with Gasteiger partial charge in [-0.05, 0) is 61.4 Å². The molecule has 0 unspecified atom stereocenters. The molecule has 5 aromatic rings. The number of hydrogen-bond donors (Lipinski definition) is 3. The summed E-state index contributed by atoms with van der Waals surface area (Å²) < 4.78 is 11.4.